The van der Waals surface area contributed by atoms with Crippen LogP contribution in [-0.4, -0.2) is 5.97 Å². The highest BCUT2D eigenvalue weighted by atomic mass is 16.5. The molecule has 1 aliphatic carbocycles. The van der Waals surface area contributed by atoms with Crippen LogP contribution in [0.25, 0.3) is 16.8 Å². The van der Waals surface area contributed by atoms with E-state index in [1.807, 2.05) is 12.1 Å². The van der Waals surface area contributed by atoms with E-state index in [9.17, 15) is 4.79 Å². The van der Waals surface area contributed by atoms with E-state index >= 15 is 0 Å². The van der Waals surface area contributed by atoms with Crippen LogP contribution in [0.5, 0.6) is 0 Å². The summed E-state index contributed by atoms with van der Waals surface area (Å²) in [6, 6.07) is 12.5. The third-order valence-corrected chi connectivity index (χ3v) is 5.88. The Morgan fingerprint density at radius 1 is 1.00 bits per heavy atom. The zero-order valence-corrected chi connectivity index (χ0v) is 16.7. The lowest BCUT2D eigenvalue weighted by Gasteiger charge is -2.21. The first kappa shape index (κ1) is 19.7. The summed E-state index contributed by atoms with van der Waals surface area (Å²) in [5, 5.41) is 2.41. The fourth-order valence-electron chi connectivity index (χ4n) is 4.13. The van der Waals surface area contributed by atoms with Crippen LogP contribution in [0.1, 0.15) is 82.4 Å². The highest BCUT2D eigenvalue weighted by Gasteiger charge is 2.20. The zero-order chi connectivity index (χ0) is 19.1. The van der Waals surface area contributed by atoms with E-state index < -0.39 is 0 Å². The van der Waals surface area contributed by atoms with Gasteiger partial charge in [0.25, 0.3) is 0 Å². The van der Waals surface area contributed by atoms with Crippen molar-refractivity contribution in [3.05, 3.63) is 53.6 Å². The molecule has 2 heteroatoms. The van der Waals surface area contributed by atoms with Crippen molar-refractivity contribution < 1.29 is 9.53 Å². The van der Waals surface area contributed by atoms with Gasteiger partial charge in [-0.2, -0.15) is 0 Å². The first-order valence-electron chi connectivity index (χ1n) is 10.6. The van der Waals surface area contributed by atoms with Gasteiger partial charge in [0.2, 0.25) is 0 Å². The molecule has 0 bridgehead atoms. The normalized spacial score (nSPS) is 15.4. The number of carbonyl (C=O) groups excluding carboxylic acids is 1. The molecule has 0 fully saturated rings. The van der Waals surface area contributed by atoms with Crippen LogP contribution in [-0.2, 0) is 9.53 Å². The average molecular weight is 365 g/mol. The van der Waals surface area contributed by atoms with Crippen LogP contribution < -0.4 is 0 Å². The van der Waals surface area contributed by atoms with Crippen LogP contribution in [0.15, 0.2) is 42.5 Å². The number of hydrogen-bond donors (Lipinski definition) is 0. The first-order valence-corrected chi connectivity index (χ1v) is 10.6. The topological polar surface area (TPSA) is 26.3 Å². The number of unbranched alkanes of at least 4 members (excludes halogenated alkanes) is 3. The number of benzene rings is 2. The largest absolute Gasteiger partial charge is 0.453 e. The fraction of sp³-hybridized carbons (Fsp3) is 0.480. The predicted molar refractivity (Wildman–Crippen MR) is 114 cm³/mol. The van der Waals surface area contributed by atoms with Crippen LogP contribution in [0.2, 0.25) is 0 Å². The molecule has 0 radical (unpaired) electrons. The number of ether oxygens (including phenoxy) is 1. The second-order valence-electron chi connectivity index (χ2n) is 7.70. The summed E-state index contributed by atoms with van der Waals surface area (Å²) in [6.07, 6.45) is 12.8. The van der Waals surface area contributed by atoms with Gasteiger partial charge in [-0.05, 0) is 34.8 Å². The minimum absolute atomic E-state index is 0.0824. The summed E-state index contributed by atoms with van der Waals surface area (Å²) in [5.41, 5.74) is 2.30. The smallest absolute Gasteiger partial charge is 0.306 e. The highest BCUT2D eigenvalue weighted by Crippen LogP contribution is 2.35. The molecule has 0 N–H and O–H groups in total. The number of carbonyl (C=O) groups is 1. The molecule has 0 spiro atoms. The molecule has 0 aliphatic heterocycles. The Morgan fingerprint density at radius 3 is 2.52 bits per heavy atom. The van der Waals surface area contributed by atoms with Gasteiger partial charge in [-0.15, -0.1) is 0 Å². The Labute approximate surface area is 163 Å². The monoisotopic (exact) mass is 364 g/mol. The lowest BCUT2D eigenvalue weighted by atomic mass is 9.91. The van der Waals surface area contributed by atoms with Crippen molar-refractivity contribution in [2.24, 2.45) is 5.92 Å². The van der Waals surface area contributed by atoms with Crippen molar-refractivity contribution >= 4 is 22.8 Å². The minimum atomic E-state index is -0.258. The molecule has 144 valence electrons. The van der Waals surface area contributed by atoms with Crippen molar-refractivity contribution in [3.8, 4) is 0 Å². The van der Waals surface area contributed by atoms with Crippen molar-refractivity contribution in [1.29, 1.82) is 0 Å². The quantitative estimate of drug-likeness (QED) is 0.328. The molecule has 0 saturated heterocycles. The summed E-state index contributed by atoms with van der Waals surface area (Å²) in [4.78, 5) is 12.3. The Morgan fingerprint density at radius 2 is 1.74 bits per heavy atom. The maximum atomic E-state index is 12.3. The van der Waals surface area contributed by atoms with E-state index in [0.29, 0.717) is 6.42 Å². The molecule has 2 nitrogen and oxygen atoms in total. The average Bonchev–Trinajstić information content (AvgIpc) is 2.70. The summed E-state index contributed by atoms with van der Waals surface area (Å²) in [5.74, 6) is 0.791. The molecule has 0 saturated carbocycles. The van der Waals surface area contributed by atoms with E-state index in [1.54, 1.807) is 0 Å². The Hall–Kier alpha value is -2.09. The molecular formula is C25H32O2. The van der Waals surface area contributed by atoms with Gasteiger partial charge >= 0.3 is 5.97 Å². The molecule has 1 aliphatic rings. The van der Waals surface area contributed by atoms with Crippen molar-refractivity contribution in [1.82, 2.24) is 0 Å². The summed E-state index contributed by atoms with van der Waals surface area (Å²) < 4.78 is 5.79. The molecular weight excluding hydrogens is 332 g/mol. The van der Waals surface area contributed by atoms with Gasteiger partial charge in [0.1, 0.15) is 6.10 Å². The van der Waals surface area contributed by atoms with Gasteiger partial charge in [-0.1, -0.05) is 94.8 Å². The van der Waals surface area contributed by atoms with E-state index in [1.165, 1.54) is 48.4 Å². The summed E-state index contributed by atoms with van der Waals surface area (Å²) in [6.45, 7) is 4.56. The Kier molecular flexibility index (Phi) is 7.09. The van der Waals surface area contributed by atoms with E-state index in [2.05, 4.69) is 50.3 Å². The molecule has 1 unspecified atom stereocenters. The van der Waals surface area contributed by atoms with Gasteiger partial charge in [0.15, 0.2) is 0 Å². The van der Waals surface area contributed by atoms with E-state index in [0.717, 1.165) is 24.3 Å². The highest BCUT2D eigenvalue weighted by molar-refractivity contribution is 5.95. The molecule has 2 aromatic rings. The maximum absolute atomic E-state index is 12.3. The Balaban J connectivity index is 1.46. The van der Waals surface area contributed by atoms with Gasteiger partial charge in [-0.25, -0.2) is 0 Å². The molecule has 1 atom stereocenters. The van der Waals surface area contributed by atoms with Gasteiger partial charge < -0.3 is 4.74 Å². The second-order valence-corrected chi connectivity index (χ2v) is 7.70. The SMILES string of the molecule is CCC(CC)CCCCCCC(=O)OC1C=Cc2cccc3cccc1c23. The standard InChI is InChI=1S/C25H32O2/c1-3-19(4-2)11-7-5-6-8-16-24(26)27-23-18-17-21-13-9-12-20-14-10-15-22(23)25(20)21/h9-10,12-15,17-19,23H,3-8,11,16H2,1-2H3. The molecule has 0 amide bonds. The fourth-order valence-corrected chi connectivity index (χ4v) is 4.13. The van der Waals surface area contributed by atoms with Crippen molar-refractivity contribution in [3.63, 3.8) is 0 Å². The minimum Gasteiger partial charge on any atom is -0.453 e. The van der Waals surface area contributed by atoms with Gasteiger partial charge in [0.05, 0.1) is 0 Å². The lowest BCUT2D eigenvalue weighted by molar-refractivity contribution is -0.147. The van der Waals surface area contributed by atoms with Crippen LogP contribution in [0.3, 0.4) is 0 Å². The summed E-state index contributed by atoms with van der Waals surface area (Å²) in [7, 11) is 0. The molecule has 0 heterocycles. The summed E-state index contributed by atoms with van der Waals surface area (Å²) >= 11 is 0. The number of esters is 1. The molecule has 0 aromatic heterocycles. The van der Waals surface area contributed by atoms with E-state index in [4.69, 9.17) is 4.74 Å². The first-order chi connectivity index (χ1) is 13.2. The van der Waals surface area contributed by atoms with Crippen LogP contribution in [0, 0.1) is 5.92 Å². The third kappa shape index (κ3) is 5.00. The predicted octanol–water partition coefficient (Wildman–Crippen LogP) is 7.23. The van der Waals surface area contributed by atoms with E-state index in [-0.39, 0.29) is 12.1 Å². The number of rotatable bonds is 10. The lowest BCUT2D eigenvalue weighted by Crippen LogP contribution is -2.12. The van der Waals surface area contributed by atoms with Crippen molar-refractivity contribution in [2.45, 2.75) is 71.3 Å². The molecule has 3 rings (SSSR count). The van der Waals surface area contributed by atoms with Crippen molar-refractivity contribution in [2.75, 3.05) is 0 Å². The Bertz CT molecular complexity index is 781. The zero-order valence-electron chi connectivity index (χ0n) is 16.7. The van der Waals surface area contributed by atoms with Gasteiger partial charge in [-0.3, -0.25) is 4.79 Å². The molecule has 27 heavy (non-hydrogen) atoms. The van der Waals surface area contributed by atoms with Crippen LogP contribution >= 0.6 is 0 Å². The second kappa shape index (κ2) is 9.73. The maximum Gasteiger partial charge on any atom is 0.306 e. The van der Waals surface area contributed by atoms with Crippen LogP contribution in [0.4, 0.5) is 0 Å². The van der Waals surface area contributed by atoms with Gasteiger partial charge in [0, 0.05) is 12.0 Å². The molecule has 2 aromatic carbocycles. The number of hydrogen-bond acceptors (Lipinski definition) is 2. The third-order valence-electron chi connectivity index (χ3n) is 5.88.